The third-order valence-corrected chi connectivity index (χ3v) is 4.28. The lowest BCUT2D eigenvalue weighted by Crippen LogP contribution is -2.27. The minimum Gasteiger partial charge on any atom is -0.452 e. The molecular formula is C20H19N3O5. The van der Waals surface area contributed by atoms with Gasteiger partial charge in [0.1, 0.15) is 0 Å². The summed E-state index contributed by atoms with van der Waals surface area (Å²) >= 11 is 0. The summed E-state index contributed by atoms with van der Waals surface area (Å²) in [5, 5.41) is 2.56. The van der Waals surface area contributed by atoms with E-state index in [2.05, 4.69) is 5.32 Å². The maximum Gasteiger partial charge on any atom is 0.340 e. The van der Waals surface area contributed by atoms with E-state index in [4.69, 9.17) is 10.5 Å². The number of esters is 1. The Morgan fingerprint density at radius 3 is 2.43 bits per heavy atom. The number of ether oxygens (including phenoxy) is 1. The third kappa shape index (κ3) is 4.35. The number of nitrogens with one attached hydrogen (secondary N) is 1. The minimum absolute atomic E-state index is 0.0441. The molecule has 0 unspecified atom stereocenters. The van der Waals surface area contributed by atoms with Crippen LogP contribution >= 0.6 is 0 Å². The zero-order valence-corrected chi connectivity index (χ0v) is 15.0. The van der Waals surface area contributed by atoms with Gasteiger partial charge in [-0.05, 0) is 42.8 Å². The molecule has 0 atom stereocenters. The van der Waals surface area contributed by atoms with Crippen molar-refractivity contribution >= 4 is 35.1 Å². The van der Waals surface area contributed by atoms with Gasteiger partial charge in [-0.15, -0.1) is 0 Å². The van der Waals surface area contributed by atoms with E-state index in [1.54, 1.807) is 29.2 Å². The van der Waals surface area contributed by atoms with Crippen LogP contribution in [0.25, 0.3) is 0 Å². The van der Waals surface area contributed by atoms with E-state index < -0.39 is 24.4 Å². The van der Waals surface area contributed by atoms with Gasteiger partial charge in [-0.1, -0.05) is 12.1 Å². The average Bonchev–Trinajstić information content (AvgIpc) is 3.12. The highest BCUT2D eigenvalue weighted by atomic mass is 16.5. The van der Waals surface area contributed by atoms with Crippen molar-refractivity contribution in [2.45, 2.75) is 12.8 Å². The van der Waals surface area contributed by atoms with Gasteiger partial charge in [0, 0.05) is 24.2 Å². The maximum absolute atomic E-state index is 12.4. The van der Waals surface area contributed by atoms with Gasteiger partial charge in [-0.2, -0.15) is 0 Å². The van der Waals surface area contributed by atoms with Crippen molar-refractivity contribution in [3.63, 3.8) is 0 Å². The van der Waals surface area contributed by atoms with Crippen molar-refractivity contribution in [2.24, 2.45) is 5.73 Å². The highest BCUT2D eigenvalue weighted by Gasteiger charge is 2.26. The average molecular weight is 381 g/mol. The number of nitrogens with two attached hydrogens (primary N) is 1. The van der Waals surface area contributed by atoms with Crippen molar-refractivity contribution in [1.82, 2.24) is 0 Å². The monoisotopic (exact) mass is 381 g/mol. The standard InChI is InChI=1S/C20H19N3O5/c21-19(26)13-7-9-14(10-8-13)22-17(24)12-28-20(27)15-4-1-2-5-16(15)23-11-3-6-18(23)25/h1-2,4-5,7-10H,3,6,11-12H2,(H2,21,26)(H,22,24). The number of anilines is 2. The second-order valence-electron chi connectivity index (χ2n) is 6.23. The Morgan fingerprint density at radius 2 is 1.79 bits per heavy atom. The van der Waals surface area contributed by atoms with Crippen LogP contribution in [0.4, 0.5) is 11.4 Å². The van der Waals surface area contributed by atoms with Gasteiger partial charge in [0.15, 0.2) is 6.61 Å². The molecule has 0 bridgehead atoms. The van der Waals surface area contributed by atoms with Crippen LogP contribution in [0.2, 0.25) is 0 Å². The molecule has 0 radical (unpaired) electrons. The lowest BCUT2D eigenvalue weighted by Gasteiger charge is -2.18. The van der Waals surface area contributed by atoms with E-state index in [0.29, 0.717) is 29.9 Å². The summed E-state index contributed by atoms with van der Waals surface area (Å²) in [5.74, 6) is -1.83. The fraction of sp³-hybridized carbons (Fsp3) is 0.200. The highest BCUT2D eigenvalue weighted by molar-refractivity contribution is 6.04. The van der Waals surface area contributed by atoms with Crippen LogP contribution in [0, 0.1) is 0 Å². The number of nitrogens with zero attached hydrogens (tertiary/aromatic N) is 1. The molecule has 0 aromatic heterocycles. The van der Waals surface area contributed by atoms with Crippen LogP contribution < -0.4 is 16.0 Å². The van der Waals surface area contributed by atoms with Gasteiger partial charge in [0.2, 0.25) is 11.8 Å². The van der Waals surface area contributed by atoms with Crippen LogP contribution in [-0.2, 0) is 14.3 Å². The quantitative estimate of drug-likeness (QED) is 0.739. The summed E-state index contributed by atoms with van der Waals surface area (Å²) < 4.78 is 5.10. The molecule has 8 heteroatoms. The molecule has 2 aromatic rings. The number of hydrogen-bond acceptors (Lipinski definition) is 5. The highest BCUT2D eigenvalue weighted by Crippen LogP contribution is 2.26. The number of rotatable bonds is 6. The SMILES string of the molecule is NC(=O)c1ccc(NC(=O)COC(=O)c2ccccc2N2CCCC2=O)cc1. The van der Waals surface area contributed by atoms with Crippen LogP contribution in [0.15, 0.2) is 48.5 Å². The predicted molar refractivity (Wildman–Crippen MR) is 102 cm³/mol. The van der Waals surface area contributed by atoms with Gasteiger partial charge in [0.25, 0.3) is 5.91 Å². The van der Waals surface area contributed by atoms with Crippen molar-refractivity contribution in [2.75, 3.05) is 23.4 Å². The summed E-state index contributed by atoms with van der Waals surface area (Å²) in [5.41, 5.74) is 6.63. The summed E-state index contributed by atoms with van der Waals surface area (Å²) in [4.78, 5) is 49.0. The first kappa shape index (κ1) is 19.1. The van der Waals surface area contributed by atoms with Crippen molar-refractivity contribution in [3.05, 3.63) is 59.7 Å². The smallest absolute Gasteiger partial charge is 0.340 e. The zero-order chi connectivity index (χ0) is 20.1. The lowest BCUT2D eigenvalue weighted by atomic mass is 10.1. The predicted octanol–water partition coefficient (Wildman–Crippen LogP) is 1.71. The first-order chi connectivity index (χ1) is 13.5. The Labute approximate surface area is 161 Å². The van der Waals surface area contributed by atoms with Crippen LogP contribution in [0.3, 0.4) is 0 Å². The van der Waals surface area contributed by atoms with E-state index in [9.17, 15) is 19.2 Å². The van der Waals surface area contributed by atoms with E-state index in [0.717, 1.165) is 6.42 Å². The largest absolute Gasteiger partial charge is 0.452 e. The number of carbonyl (C=O) groups excluding carboxylic acids is 4. The van der Waals surface area contributed by atoms with E-state index >= 15 is 0 Å². The molecule has 1 fully saturated rings. The molecule has 28 heavy (non-hydrogen) atoms. The van der Waals surface area contributed by atoms with Crippen molar-refractivity contribution in [3.8, 4) is 0 Å². The van der Waals surface area contributed by atoms with Crippen molar-refractivity contribution < 1.29 is 23.9 Å². The van der Waals surface area contributed by atoms with Gasteiger partial charge in [0.05, 0.1) is 11.3 Å². The molecule has 3 amide bonds. The van der Waals surface area contributed by atoms with E-state index in [-0.39, 0.29) is 11.5 Å². The van der Waals surface area contributed by atoms with E-state index in [1.807, 2.05) is 0 Å². The van der Waals surface area contributed by atoms with Crippen LogP contribution in [0.5, 0.6) is 0 Å². The molecule has 0 saturated carbocycles. The number of para-hydroxylation sites is 1. The first-order valence-corrected chi connectivity index (χ1v) is 8.72. The zero-order valence-electron chi connectivity index (χ0n) is 15.0. The number of primary amides is 1. The Kier molecular flexibility index (Phi) is 5.69. The Bertz CT molecular complexity index is 924. The second-order valence-corrected chi connectivity index (χ2v) is 6.23. The molecule has 1 aliphatic heterocycles. The molecule has 0 spiro atoms. The van der Waals surface area contributed by atoms with E-state index in [1.165, 1.54) is 24.3 Å². The van der Waals surface area contributed by atoms with Gasteiger partial charge in [-0.25, -0.2) is 4.79 Å². The molecule has 2 aromatic carbocycles. The maximum atomic E-state index is 12.4. The Balaban J connectivity index is 1.60. The summed E-state index contributed by atoms with van der Waals surface area (Å²) in [6.45, 7) is 0.0591. The Morgan fingerprint density at radius 1 is 1.07 bits per heavy atom. The molecule has 144 valence electrons. The second kappa shape index (κ2) is 8.34. The molecule has 1 aliphatic rings. The minimum atomic E-state index is -0.686. The molecule has 1 heterocycles. The molecule has 3 N–H and O–H groups in total. The molecule has 8 nitrogen and oxygen atoms in total. The number of amides is 3. The topological polar surface area (TPSA) is 119 Å². The normalized spacial score (nSPS) is 13.3. The fourth-order valence-electron chi connectivity index (χ4n) is 2.91. The van der Waals surface area contributed by atoms with Gasteiger partial charge < -0.3 is 20.7 Å². The first-order valence-electron chi connectivity index (χ1n) is 8.72. The molecular weight excluding hydrogens is 362 g/mol. The number of benzene rings is 2. The fourth-order valence-corrected chi connectivity index (χ4v) is 2.91. The molecule has 3 rings (SSSR count). The van der Waals surface area contributed by atoms with Crippen LogP contribution in [-0.4, -0.2) is 36.8 Å². The number of hydrogen-bond donors (Lipinski definition) is 2. The lowest BCUT2D eigenvalue weighted by molar-refractivity contribution is -0.119. The summed E-state index contributed by atoms with van der Waals surface area (Å²) in [7, 11) is 0. The third-order valence-electron chi connectivity index (χ3n) is 4.28. The molecule has 1 saturated heterocycles. The van der Waals surface area contributed by atoms with Gasteiger partial charge >= 0.3 is 5.97 Å². The summed E-state index contributed by atoms with van der Waals surface area (Å²) in [6.07, 6.45) is 1.18. The summed E-state index contributed by atoms with van der Waals surface area (Å²) in [6, 6.07) is 12.6. The molecule has 0 aliphatic carbocycles. The number of carbonyl (C=O) groups is 4. The van der Waals surface area contributed by atoms with Crippen molar-refractivity contribution in [1.29, 1.82) is 0 Å². The Hall–Kier alpha value is -3.68. The van der Waals surface area contributed by atoms with Crippen LogP contribution in [0.1, 0.15) is 33.6 Å². The van der Waals surface area contributed by atoms with Gasteiger partial charge in [-0.3, -0.25) is 14.4 Å².